The molecule has 0 bridgehead atoms. The fourth-order valence-corrected chi connectivity index (χ4v) is 0.679. The maximum absolute atomic E-state index is 12.6. The summed E-state index contributed by atoms with van der Waals surface area (Å²) in [5, 5.41) is 16.2. The average molecular weight is 183 g/mol. The standard InChI is InChI=1S/C5H5F2N3O2.Li/c1-10-3(2-8-9-10)5(6,7)4(11)12;/h2H,1H3,(H,11,12);/q;+1/p-1. The molecule has 0 radical (unpaired) electrons. The minimum Gasteiger partial charge on any atom is -0.544 e. The van der Waals surface area contributed by atoms with Crippen molar-refractivity contribution in [1.29, 1.82) is 0 Å². The van der Waals surface area contributed by atoms with Gasteiger partial charge < -0.3 is 9.90 Å². The Hall–Kier alpha value is -0.933. The molecule has 0 aliphatic carbocycles. The van der Waals surface area contributed by atoms with E-state index in [4.69, 9.17) is 0 Å². The van der Waals surface area contributed by atoms with Gasteiger partial charge in [-0.15, -0.1) is 5.10 Å². The molecule has 0 aliphatic rings. The summed E-state index contributed by atoms with van der Waals surface area (Å²) < 4.78 is 25.9. The van der Waals surface area contributed by atoms with Crippen molar-refractivity contribution in [1.82, 2.24) is 15.0 Å². The molecular formula is C5H4F2LiN3O2. The van der Waals surface area contributed by atoms with Crippen LogP contribution in [0, 0.1) is 0 Å². The van der Waals surface area contributed by atoms with Crippen LogP contribution in [0.4, 0.5) is 8.78 Å². The first-order valence-electron chi connectivity index (χ1n) is 2.90. The zero-order valence-electron chi connectivity index (χ0n) is 6.99. The molecule has 1 aromatic rings. The molecule has 13 heavy (non-hydrogen) atoms. The van der Waals surface area contributed by atoms with E-state index in [1.165, 1.54) is 7.05 Å². The Morgan fingerprint density at radius 3 is 2.54 bits per heavy atom. The van der Waals surface area contributed by atoms with Gasteiger partial charge >= 0.3 is 24.8 Å². The van der Waals surface area contributed by atoms with E-state index in [-0.39, 0.29) is 18.9 Å². The van der Waals surface area contributed by atoms with Gasteiger partial charge in [0.15, 0.2) is 0 Å². The summed E-state index contributed by atoms with van der Waals surface area (Å²) in [7, 11) is 1.17. The predicted molar refractivity (Wildman–Crippen MR) is 29.9 cm³/mol. The van der Waals surface area contributed by atoms with Gasteiger partial charge in [0.2, 0.25) is 0 Å². The number of carboxylic acid groups (broad SMARTS) is 1. The molecule has 1 heterocycles. The van der Waals surface area contributed by atoms with Gasteiger partial charge in [0.05, 0.1) is 6.20 Å². The first-order valence-corrected chi connectivity index (χ1v) is 2.90. The molecule has 0 aliphatic heterocycles. The van der Waals surface area contributed by atoms with Crippen LogP contribution in [0.25, 0.3) is 0 Å². The zero-order valence-corrected chi connectivity index (χ0v) is 6.99. The van der Waals surface area contributed by atoms with Crippen molar-refractivity contribution >= 4 is 5.97 Å². The van der Waals surface area contributed by atoms with Crippen molar-refractivity contribution in [3.63, 3.8) is 0 Å². The Bertz CT molecular complexity index is 314. The van der Waals surface area contributed by atoms with Gasteiger partial charge in [-0.2, -0.15) is 8.78 Å². The Labute approximate surface area is 83.9 Å². The maximum Gasteiger partial charge on any atom is 1.00 e. The van der Waals surface area contributed by atoms with Crippen molar-refractivity contribution in [3.05, 3.63) is 11.9 Å². The summed E-state index contributed by atoms with van der Waals surface area (Å²) in [6.45, 7) is 0. The third kappa shape index (κ3) is 2.05. The van der Waals surface area contributed by atoms with E-state index >= 15 is 0 Å². The molecule has 8 heteroatoms. The summed E-state index contributed by atoms with van der Waals surface area (Å²) in [4.78, 5) is 9.94. The van der Waals surface area contributed by atoms with Crippen LogP contribution in [0.5, 0.6) is 0 Å². The van der Waals surface area contributed by atoms with Crippen molar-refractivity contribution in [3.8, 4) is 0 Å². The normalized spacial score (nSPS) is 10.7. The number of carbonyl (C=O) groups excluding carboxylic acids is 1. The van der Waals surface area contributed by atoms with E-state index in [9.17, 15) is 18.7 Å². The molecular weight excluding hydrogens is 179 g/mol. The van der Waals surface area contributed by atoms with E-state index in [1.54, 1.807) is 0 Å². The molecule has 1 aromatic heterocycles. The van der Waals surface area contributed by atoms with Gasteiger partial charge in [-0.05, 0) is 0 Å². The number of carboxylic acids is 1. The number of aryl methyl sites for hydroxylation is 1. The minimum absolute atomic E-state index is 0. The second-order valence-corrected chi connectivity index (χ2v) is 2.10. The van der Waals surface area contributed by atoms with Crippen LogP contribution in [0.15, 0.2) is 6.20 Å². The van der Waals surface area contributed by atoms with Crippen molar-refractivity contribution in [2.24, 2.45) is 7.05 Å². The number of rotatable bonds is 2. The molecule has 0 spiro atoms. The van der Waals surface area contributed by atoms with E-state index in [1.807, 2.05) is 0 Å². The second kappa shape index (κ2) is 3.85. The summed E-state index contributed by atoms with van der Waals surface area (Å²) in [5.74, 6) is -6.51. The largest absolute Gasteiger partial charge is 1.00 e. The number of aliphatic carboxylic acids is 1. The number of alkyl halides is 2. The Morgan fingerprint density at radius 2 is 2.23 bits per heavy atom. The van der Waals surface area contributed by atoms with Gasteiger partial charge in [0.25, 0.3) is 0 Å². The number of nitrogens with zero attached hydrogens (tertiary/aromatic N) is 3. The monoisotopic (exact) mass is 183 g/mol. The topological polar surface area (TPSA) is 70.8 Å². The van der Waals surface area contributed by atoms with Gasteiger partial charge in [-0.1, -0.05) is 5.21 Å². The molecule has 1 rings (SSSR count). The van der Waals surface area contributed by atoms with Gasteiger partial charge in [-0.25, -0.2) is 4.68 Å². The number of aromatic nitrogens is 3. The molecule has 0 saturated carbocycles. The van der Waals surface area contributed by atoms with Crippen LogP contribution >= 0.6 is 0 Å². The maximum atomic E-state index is 12.6. The first-order chi connectivity index (χ1) is 5.46. The van der Waals surface area contributed by atoms with E-state index < -0.39 is 17.6 Å². The molecule has 5 nitrogen and oxygen atoms in total. The smallest absolute Gasteiger partial charge is 0.544 e. The molecule has 0 saturated heterocycles. The van der Waals surface area contributed by atoms with Gasteiger partial charge in [0.1, 0.15) is 11.7 Å². The van der Waals surface area contributed by atoms with Crippen LogP contribution in [0.3, 0.4) is 0 Å². The van der Waals surface area contributed by atoms with Crippen LogP contribution in [-0.4, -0.2) is 21.0 Å². The quantitative estimate of drug-likeness (QED) is 0.434. The Balaban J connectivity index is 0.00000144. The molecule has 0 atom stereocenters. The van der Waals surface area contributed by atoms with E-state index in [0.717, 1.165) is 0 Å². The summed E-state index contributed by atoms with van der Waals surface area (Å²) >= 11 is 0. The van der Waals surface area contributed by atoms with Crippen LogP contribution in [0.1, 0.15) is 5.69 Å². The number of halogens is 2. The third-order valence-corrected chi connectivity index (χ3v) is 1.29. The second-order valence-electron chi connectivity index (χ2n) is 2.10. The van der Waals surface area contributed by atoms with E-state index in [0.29, 0.717) is 10.9 Å². The fraction of sp³-hybridized carbons (Fsp3) is 0.400. The third-order valence-electron chi connectivity index (χ3n) is 1.29. The summed E-state index contributed by atoms with van der Waals surface area (Å²) in [6, 6.07) is 0. The van der Waals surface area contributed by atoms with Crippen molar-refractivity contribution in [2.45, 2.75) is 5.92 Å². The molecule has 0 fully saturated rings. The fourth-order valence-electron chi connectivity index (χ4n) is 0.679. The molecule has 0 amide bonds. The first kappa shape index (κ1) is 12.1. The van der Waals surface area contributed by atoms with E-state index in [2.05, 4.69) is 10.3 Å². The molecule has 0 N–H and O–H groups in total. The Morgan fingerprint density at radius 1 is 1.69 bits per heavy atom. The molecule has 0 unspecified atom stereocenters. The summed E-state index contributed by atoms with van der Waals surface area (Å²) in [5.41, 5.74) is -0.803. The average Bonchev–Trinajstić information content (AvgIpc) is 2.35. The van der Waals surface area contributed by atoms with Crippen molar-refractivity contribution in [2.75, 3.05) is 0 Å². The molecule has 0 aromatic carbocycles. The summed E-state index contributed by atoms with van der Waals surface area (Å²) in [6.07, 6.45) is 0.676. The zero-order chi connectivity index (χ0) is 9.35. The van der Waals surface area contributed by atoms with Crippen LogP contribution < -0.4 is 24.0 Å². The SMILES string of the molecule is Cn1nncc1C(F)(F)C(=O)[O-].[Li+]. The van der Waals surface area contributed by atoms with Crippen LogP contribution in [-0.2, 0) is 17.8 Å². The number of hydrogen-bond acceptors (Lipinski definition) is 4. The molecule has 66 valence electrons. The Kier molecular flexibility index (Phi) is 3.57. The predicted octanol–water partition coefficient (Wildman–Crippen LogP) is -4.34. The van der Waals surface area contributed by atoms with Crippen molar-refractivity contribution < 1.29 is 37.5 Å². The number of hydrogen-bond donors (Lipinski definition) is 0. The van der Waals surface area contributed by atoms with Crippen LogP contribution in [0.2, 0.25) is 0 Å². The van der Waals surface area contributed by atoms with Gasteiger partial charge in [-0.3, -0.25) is 0 Å². The minimum atomic E-state index is -4.04. The number of carbonyl (C=O) groups is 1. The van der Waals surface area contributed by atoms with Gasteiger partial charge in [0, 0.05) is 7.05 Å².